The van der Waals surface area contributed by atoms with E-state index in [0.717, 1.165) is 44.0 Å². The first kappa shape index (κ1) is 22.9. The molecular formula is C25H23F3N4S. The molecule has 0 radical (unpaired) electrons. The number of alkyl halides is 3. The molecule has 2 aromatic carbocycles. The molecule has 8 heteroatoms. The molecule has 0 aliphatic carbocycles. The second-order valence-corrected chi connectivity index (χ2v) is 8.71. The lowest BCUT2D eigenvalue weighted by Gasteiger charge is -2.22. The van der Waals surface area contributed by atoms with Gasteiger partial charge in [0.15, 0.2) is 5.13 Å². The number of fused-ring (bicyclic) bond motifs is 1. The highest BCUT2D eigenvalue weighted by molar-refractivity contribution is 7.18. The monoisotopic (exact) mass is 468 g/mol. The summed E-state index contributed by atoms with van der Waals surface area (Å²) in [5.41, 5.74) is 7.56. The number of rotatable bonds is 7. The molecule has 0 fully saturated rings. The number of nitrogens with zero attached hydrogens (tertiary/aromatic N) is 2. The number of pyridine rings is 1. The zero-order valence-corrected chi connectivity index (χ0v) is 18.7. The van der Waals surface area contributed by atoms with E-state index in [1.165, 1.54) is 23.5 Å². The van der Waals surface area contributed by atoms with Crippen molar-refractivity contribution in [2.75, 3.05) is 11.9 Å². The van der Waals surface area contributed by atoms with Crippen LogP contribution in [-0.2, 0) is 6.18 Å². The van der Waals surface area contributed by atoms with Crippen molar-refractivity contribution < 1.29 is 13.2 Å². The van der Waals surface area contributed by atoms with Crippen LogP contribution in [0.2, 0.25) is 0 Å². The number of halogens is 3. The Bertz CT molecular complexity index is 1250. The van der Waals surface area contributed by atoms with Gasteiger partial charge in [0.1, 0.15) is 0 Å². The highest BCUT2D eigenvalue weighted by Gasteiger charge is 2.30. The first-order chi connectivity index (χ1) is 15.8. The molecule has 0 aliphatic heterocycles. The number of nitrogens with two attached hydrogens (primary N) is 1. The molecule has 4 aromatic rings. The number of nitrogens with one attached hydrogen (secondary N) is 1. The van der Waals surface area contributed by atoms with Crippen molar-refractivity contribution in [3.63, 3.8) is 0 Å². The average Bonchev–Trinajstić information content (AvgIpc) is 3.29. The second kappa shape index (κ2) is 9.72. The van der Waals surface area contributed by atoms with E-state index in [1.807, 2.05) is 49.7 Å². The van der Waals surface area contributed by atoms with Gasteiger partial charge in [0.25, 0.3) is 0 Å². The summed E-state index contributed by atoms with van der Waals surface area (Å²) < 4.78 is 38.6. The van der Waals surface area contributed by atoms with Crippen LogP contribution in [0.4, 0.5) is 18.3 Å². The van der Waals surface area contributed by atoms with Gasteiger partial charge in [0.05, 0.1) is 10.4 Å². The molecule has 2 atom stereocenters. The van der Waals surface area contributed by atoms with Gasteiger partial charge >= 0.3 is 6.18 Å². The van der Waals surface area contributed by atoms with Crippen LogP contribution in [0.25, 0.3) is 21.2 Å². The minimum absolute atomic E-state index is 0.224. The summed E-state index contributed by atoms with van der Waals surface area (Å²) in [4.78, 5) is 9.62. The van der Waals surface area contributed by atoms with Crippen LogP contribution in [0.1, 0.15) is 24.0 Å². The van der Waals surface area contributed by atoms with Gasteiger partial charge in [-0.05, 0) is 47.7 Å². The lowest BCUT2D eigenvalue weighted by molar-refractivity contribution is -0.137. The molecule has 0 saturated heterocycles. The average molecular weight is 469 g/mol. The van der Waals surface area contributed by atoms with E-state index in [-0.39, 0.29) is 12.0 Å². The number of hydrogen-bond acceptors (Lipinski definition) is 5. The Hall–Kier alpha value is -3.23. The molecule has 2 heterocycles. The van der Waals surface area contributed by atoms with Gasteiger partial charge in [-0.3, -0.25) is 4.98 Å². The molecule has 0 unspecified atom stereocenters. The predicted molar refractivity (Wildman–Crippen MR) is 128 cm³/mol. The highest BCUT2D eigenvalue weighted by Crippen LogP contribution is 2.32. The number of allylic oxidation sites excluding steroid dienone is 1. The maximum Gasteiger partial charge on any atom is 0.416 e. The summed E-state index contributed by atoms with van der Waals surface area (Å²) >= 11 is 1.53. The Morgan fingerprint density at radius 2 is 1.85 bits per heavy atom. The van der Waals surface area contributed by atoms with Crippen LogP contribution in [0, 0.1) is 0 Å². The van der Waals surface area contributed by atoms with Crippen molar-refractivity contribution in [1.82, 2.24) is 9.97 Å². The Morgan fingerprint density at radius 1 is 1.06 bits per heavy atom. The molecule has 3 N–H and O–H groups in total. The maximum atomic E-state index is 12.9. The van der Waals surface area contributed by atoms with Gasteiger partial charge in [-0.1, -0.05) is 47.8 Å². The Kier molecular flexibility index (Phi) is 6.76. The van der Waals surface area contributed by atoms with E-state index in [4.69, 9.17) is 5.73 Å². The van der Waals surface area contributed by atoms with Crippen molar-refractivity contribution >= 4 is 27.2 Å². The first-order valence-electron chi connectivity index (χ1n) is 10.4. The van der Waals surface area contributed by atoms with Crippen LogP contribution < -0.4 is 11.1 Å². The lowest BCUT2D eigenvalue weighted by atomic mass is 9.90. The topological polar surface area (TPSA) is 63.8 Å². The number of thiazole rings is 1. The number of benzene rings is 2. The summed E-state index contributed by atoms with van der Waals surface area (Å²) in [6.07, 6.45) is 4.83. The van der Waals surface area contributed by atoms with Crippen molar-refractivity contribution in [3.8, 4) is 10.4 Å². The quantitative estimate of drug-likeness (QED) is 0.305. The fourth-order valence-electron chi connectivity index (χ4n) is 3.66. The zero-order chi connectivity index (χ0) is 23.4. The molecule has 4 nitrogen and oxygen atoms in total. The van der Waals surface area contributed by atoms with E-state index >= 15 is 0 Å². The lowest BCUT2D eigenvalue weighted by Crippen LogP contribution is -2.34. The van der Waals surface area contributed by atoms with E-state index in [1.54, 1.807) is 6.20 Å². The largest absolute Gasteiger partial charge is 0.416 e. The van der Waals surface area contributed by atoms with Gasteiger partial charge in [0.2, 0.25) is 0 Å². The van der Waals surface area contributed by atoms with Gasteiger partial charge in [-0.2, -0.15) is 13.2 Å². The molecule has 2 aromatic heterocycles. The maximum absolute atomic E-state index is 12.9. The molecule has 4 rings (SSSR count). The highest BCUT2D eigenvalue weighted by atomic mass is 32.1. The van der Waals surface area contributed by atoms with Crippen molar-refractivity contribution in [1.29, 1.82) is 0 Å². The Balaban J connectivity index is 1.44. The minimum Gasteiger partial charge on any atom is -0.360 e. The van der Waals surface area contributed by atoms with Gasteiger partial charge in [0, 0.05) is 42.5 Å². The molecule has 0 amide bonds. The van der Waals surface area contributed by atoms with E-state index in [9.17, 15) is 13.2 Å². The van der Waals surface area contributed by atoms with Crippen LogP contribution in [-0.4, -0.2) is 22.6 Å². The molecule has 0 saturated carbocycles. The van der Waals surface area contributed by atoms with Crippen LogP contribution in [0.5, 0.6) is 0 Å². The Morgan fingerprint density at radius 3 is 2.58 bits per heavy atom. The van der Waals surface area contributed by atoms with E-state index in [0.29, 0.717) is 6.54 Å². The van der Waals surface area contributed by atoms with Crippen LogP contribution in [0.3, 0.4) is 0 Å². The Labute approximate surface area is 194 Å². The number of aromatic nitrogens is 2. The van der Waals surface area contributed by atoms with Gasteiger partial charge < -0.3 is 11.1 Å². The van der Waals surface area contributed by atoms with E-state index in [2.05, 4.69) is 21.4 Å². The smallest absolute Gasteiger partial charge is 0.360 e. The molecule has 0 spiro atoms. The summed E-state index contributed by atoms with van der Waals surface area (Å²) in [7, 11) is 0. The third-order valence-corrected chi connectivity index (χ3v) is 6.41. The normalized spacial score (nSPS) is 14.0. The summed E-state index contributed by atoms with van der Waals surface area (Å²) in [6.45, 7) is 2.29. The SMILES string of the molecule is C/C=C/[C@@H](c1ccc(C(F)(F)F)cc1)[C@@H](N)CNc1ncc(-c2ccc3cnccc3c2)s1. The number of hydrogen-bond donors (Lipinski definition) is 2. The summed E-state index contributed by atoms with van der Waals surface area (Å²) in [5, 5.41) is 6.20. The van der Waals surface area contributed by atoms with Crippen LogP contribution in [0.15, 0.2) is 79.3 Å². The zero-order valence-electron chi connectivity index (χ0n) is 17.9. The predicted octanol–water partition coefficient (Wildman–Crippen LogP) is 6.48. The first-order valence-corrected chi connectivity index (χ1v) is 11.3. The van der Waals surface area contributed by atoms with Gasteiger partial charge in [-0.15, -0.1) is 0 Å². The molecule has 170 valence electrons. The second-order valence-electron chi connectivity index (χ2n) is 7.68. The van der Waals surface area contributed by atoms with Crippen molar-refractivity contribution in [3.05, 3.63) is 90.4 Å². The van der Waals surface area contributed by atoms with Crippen molar-refractivity contribution in [2.24, 2.45) is 5.73 Å². The molecule has 0 bridgehead atoms. The minimum atomic E-state index is -4.36. The summed E-state index contributed by atoms with van der Waals surface area (Å²) in [6, 6.07) is 13.0. The van der Waals surface area contributed by atoms with E-state index < -0.39 is 11.7 Å². The standard InChI is InChI=1S/C25H23F3N4S/c1-2-3-21(16-6-8-20(9-7-16)25(26,27)28)22(29)14-31-24-32-15-23(33-24)18-4-5-19-13-30-11-10-17(19)12-18/h2-13,15,21-22H,14,29H2,1H3,(H,31,32)/b3-2+/t21-,22-/m0/s1. The summed E-state index contributed by atoms with van der Waals surface area (Å²) in [5.74, 6) is -0.224. The third-order valence-electron chi connectivity index (χ3n) is 5.40. The van der Waals surface area contributed by atoms with Gasteiger partial charge in [-0.25, -0.2) is 4.98 Å². The number of anilines is 1. The molecular weight excluding hydrogens is 445 g/mol. The van der Waals surface area contributed by atoms with Crippen LogP contribution >= 0.6 is 11.3 Å². The molecule has 33 heavy (non-hydrogen) atoms. The van der Waals surface area contributed by atoms with Crippen molar-refractivity contribution in [2.45, 2.75) is 25.1 Å². The fourth-order valence-corrected chi connectivity index (χ4v) is 4.48. The molecule has 0 aliphatic rings. The third kappa shape index (κ3) is 5.40. The fraction of sp³-hybridized carbons (Fsp3) is 0.200.